The standard InChI is InChI=1S/C30H33F2N5O3/c1-17(38)37-10-7-21(8-11-37)40-27-5-4-18(12-20(27)16-36(2)3)22-14-25(29(33)35-28(22)32)24-13-19-6-9-34-30(39)23(19)15-26(24)31/h4-5,12-15,21H,6-11,16H2,1-3H3,(H2,33,35)(H,34,39). The van der Waals surface area contributed by atoms with Crippen LogP contribution < -0.4 is 15.8 Å². The van der Waals surface area contributed by atoms with E-state index in [4.69, 9.17) is 10.5 Å². The predicted octanol–water partition coefficient (Wildman–Crippen LogP) is 4.01. The Morgan fingerprint density at radius 3 is 2.55 bits per heavy atom. The third-order valence-electron chi connectivity index (χ3n) is 7.45. The number of likely N-dealkylation sites (tertiary alicyclic amines) is 1. The molecule has 0 spiro atoms. The lowest BCUT2D eigenvalue weighted by Gasteiger charge is -2.32. The number of ether oxygens (including phenoxy) is 1. The smallest absolute Gasteiger partial charge is 0.251 e. The fraction of sp³-hybridized carbons (Fsp3) is 0.367. The van der Waals surface area contributed by atoms with Crippen molar-refractivity contribution in [1.82, 2.24) is 20.1 Å². The van der Waals surface area contributed by atoms with Crippen LogP contribution in [0.1, 0.15) is 41.3 Å². The molecule has 40 heavy (non-hydrogen) atoms. The number of aromatic nitrogens is 1. The van der Waals surface area contributed by atoms with Crippen molar-refractivity contribution in [3.05, 3.63) is 64.9 Å². The topological polar surface area (TPSA) is 101 Å². The van der Waals surface area contributed by atoms with Crippen molar-refractivity contribution in [1.29, 1.82) is 0 Å². The molecule has 8 nitrogen and oxygen atoms in total. The van der Waals surface area contributed by atoms with Crippen LogP contribution in [-0.4, -0.2) is 66.4 Å². The minimum atomic E-state index is -0.764. The first kappa shape index (κ1) is 27.5. The summed E-state index contributed by atoms with van der Waals surface area (Å²) in [6, 6.07) is 9.74. The number of nitrogens with zero attached hydrogens (tertiary/aromatic N) is 3. The molecule has 3 heterocycles. The number of pyridine rings is 1. The molecule has 2 amide bonds. The summed E-state index contributed by atoms with van der Waals surface area (Å²) in [6.45, 7) is 3.88. The Balaban J connectivity index is 1.49. The number of piperidine rings is 1. The van der Waals surface area contributed by atoms with E-state index in [0.717, 1.165) is 18.4 Å². The maximum absolute atomic E-state index is 15.2. The van der Waals surface area contributed by atoms with Crippen molar-refractivity contribution in [2.75, 3.05) is 39.5 Å². The maximum atomic E-state index is 15.2. The number of amides is 2. The lowest BCUT2D eigenvalue weighted by atomic mass is 9.93. The molecule has 1 saturated heterocycles. The van der Waals surface area contributed by atoms with E-state index < -0.39 is 11.8 Å². The average molecular weight is 550 g/mol. The minimum absolute atomic E-state index is 0.0297. The van der Waals surface area contributed by atoms with Crippen LogP contribution in [-0.2, 0) is 17.8 Å². The highest BCUT2D eigenvalue weighted by atomic mass is 19.1. The summed E-state index contributed by atoms with van der Waals surface area (Å²) in [6.07, 6.45) is 1.99. The van der Waals surface area contributed by atoms with Gasteiger partial charge in [0.15, 0.2) is 0 Å². The van der Waals surface area contributed by atoms with Gasteiger partial charge < -0.3 is 25.6 Å². The second-order valence-electron chi connectivity index (χ2n) is 10.6. The molecule has 0 saturated carbocycles. The summed E-state index contributed by atoms with van der Waals surface area (Å²) in [4.78, 5) is 31.5. The summed E-state index contributed by atoms with van der Waals surface area (Å²) in [5.41, 5.74) is 9.10. The number of nitrogen functional groups attached to an aromatic ring is 1. The first-order valence-electron chi connectivity index (χ1n) is 13.4. The number of nitrogens with two attached hydrogens (primary N) is 1. The lowest BCUT2D eigenvalue weighted by molar-refractivity contribution is -0.130. The fourth-order valence-corrected chi connectivity index (χ4v) is 5.37. The third kappa shape index (κ3) is 5.62. The molecule has 0 radical (unpaired) electrons. The number of halogens is 2. The van der Waals surface area contributed by atoms with Crippen LogP contribution >= 0.6 is 0 Å². The van der Waals surface area contributed by atoms with E-state index in [9.17, 15) is 9.59 Å². The minimum Gasteiger partial charge on any atom is -0.490 e. The normalized spacial score (nSPS) is 15.7. The summed E-state index contributed by atoms with van der Waals surface area (Å²) in [5, 5.41) is 2.71. The Kier molecular flexibility index (Phi) is 7.71. The van der Waals surface area contributed by atoms with Crippen molar-refractivity contribution in [3.8, 4) is 28.0 Å². The van der Waals surface area contributed by atoms with Gasteiger partial charge >= 0.3 is 0 Å². The Bertz CT molecular complexity index is 1470. The Hall–Kier alpha value is -4.05. The van der Waals surface area contributed by atoms with Gasteiger partial charge in [-0.05, 0) is 62.0 Å². The number of benzene rings is 2. The van der Waals surface area contributed by atoms with Gasteiger partial charge in [-0.15, -0.1) is 0 Å². The highest BCUT2D eigenvalue weighted by Gasteiger charge is 2.25. The van der Waals surface area contributed by atoms with Crippen molar-refractivity contribution in [2.24, 2.45) is 0 Å². The number of nitrogens with one attached hydrogen (secondary N) is 1. The largest absolute Gasteiger partial charge is 0.490 e. The van der Waals surface area contributed by atoms with E-state index in [-0.39, 0.29) is 46.0 Å². The Labute approximate surface area is 232 Å². The first-order chi connectivity index (χ1) is 19.1. The second kappa shape index (κ2) is 11.2. The van der Waals surface area contributed by atoms with Crippen LogP contribution in [0.25, 0.3) is 22.3 Å². The molecular formula is C30H33F2N5O3. The van der Waals surface area contributed by atoms with Crippen molar-refractivity contribution in [3.63, 3.8) is 0 Å². The van der Waals surface area contributed by atoms with E-state index in [1.165, 1.54) is 12.1 Å². The molecule has 0 atom stereocenters. The average Bonchev–Trinajstić information content (AvgIpc) is 2.90. The van der Waals surface area contributed by atoms with E-state index in [2.05, 4.69) is 10.3 Å². The summed E-state index contributed by atoms with van der Waals surface area (Å²) < 4.78 is 36.8. The molecular weight excluding hydrogens is 516 g/mol. The molecule has 0 aliphatic carbocycles. The van der Waals surface area contributed by atoms with Crippen LogP contribution in [0.4, 0.5) is 14.6 Å². The molecule has 10 heteroatoms. The van der Waals surface area contributed by atoms with Gasteiger partial charge in [-0.1, -0.05) is 6.07 Å². The summed E-state index contributed by atoms with van der Waals surface area (Å²) in [7, 11) is 3.87. The molecule has 210 valence electrons. The molecule has 0 unspecified atom stereocenters. The zero-order valence-corrected chi connectivity index (χ0v) is 22.9. The fourth-order valence-electron chi connectivity index (χ4n) is 5.37. The van der Waals surface area contributed by atoms with Gasteiger partial charge in [-0.3, -0.25) is 9.59 Å². The van der Waals surface area contributed by atoms with E-state index in [1.807, 2.05) is 36.0 Å². The summed E-state index contributed by atoms with van der Waals surface area (Å²) >= 11 is 0. The quantitative estimate of drug-likeness (QED) is 0.451. The van der Waals surface area contributed by atoms with Crippen LogP contribution in [0.3, 0.4) is 0 Å². The molecule has 3 N–H and O–H groups in total. The zero-order valence-electron chi connectivity index (χ0n) is 22.9. The van der Waals surface area contributed by atoms with Crippen molar-refractivity contribution < 1.29 is 23.1 Å². The maximum Gasteiger partial charge on any atom is 0.251 e. The van der Waals surface area contributed by atoms with Crippen LogP contribution in [0.5, 0.6) is 5.75 Å². The van der Waals surface area contributed by atoms with E-state index in [1.54, 1.807) is 19.1 Å². The first-order valence-corrected chi connectivity index (χ1v) is 13.4. The summed E-state index contributed by atoms with van der Waals surface area (Å²) in [5.74, 6) is -1.09. The Morgan fingerprint density at radius 2 is 1.85 bits per heavy atom. The van der Waals surface area contributed by atoms with Gasteiger partial charge in [0.05, 0.1) is 0 Å². The van der Waals surface area contributed by atoms with Crippen molar-refractivity contribution in [2.45, 2.75) is 38.8 Å². The molecule has 5 rings (SSSR count). The lowest BCUT2D eigenvalue weighted by Crippen LogP contribution is -2.40. The molecule has 0 bridgehead atoms. The van der Waals surface area contributed by atoms with Gasteiger partial charge in [0.1, 0.15) is 23.5 Å². The number of rotatable bonds is 6. The highest BCUT2D eigenvalue weighted by molar-refractivity contribution is 5.97. The van der Waals surface area contributed by atoms with E-state index in [0.29, 0.717) is 49.5 Å². The predicted molar refractivity (Wildman–Crippen MR) is 149 cm³/mol. The molecule has 2 aromatic carbocycles. The van der Waals surface area contributed by atoms with Crippen LogP contribution in [0.2, 0.25) is 0 Å². The Morgan fingerprint density at radius 1 is 1.10 bits per heavy atom. The second-order valence-corrected chi connectivity index (χ2v) is 10.6. The monoisotopic (exact) mass is 549 g/mol. The molecule has 2 aliphatic rings. The van der Waals surface area contributed by atoms with Gasteiger partial charge in [0.2, 0.25) is 11.9 Å². The molecule has 1 fully saturated rings. The molecule has 3 aromatic rings. The zero-order chi connectivity index (χ0) is 28.6. The number of fused-ring (bicyclic) bond motifs is 1. The van der Waals surface area contributed by atoms with E-state index >= 15 is 8.78 Å². The third-order valence-corrected chi connectivity index (χ3v) is 7.45. The van der Waals surface area contributed by atoms with Gasteiger partial charge in [-0.2, -0.15) is 4.39 Å². The molecule has 2 aliphatic heterocycles. The van der Waals surface area contributed by atoms with Gasteiger partial charge in [0, 0.05) is 73.8 Å². The van der Waals surface area contributed by atoms with Gasteiger partial charge in [0.25, 0.3) is 5.91 Å². The number of hydrogen-bond acceptors (Lipinski definition) is 6. The van der Waals surface area contributed by atoms with Crippen LogP contribution in [0.15, 0.2) is 36.4 Å². The molecule has 1 aromatic heterocycles. The number of carbonyl (C=O) groups excluding carboxylic acids is 2. The van der Waals surface area contributed by atoms with Gasteiger partial charge in [-0.25, -0.2) is 9.37 Å². The SMILES string of the molecule is CC(=O)N1CCC(Oc2ccc(-c3cc(-c4cc5c(cc4F)C(=O)NCC5)c(N)nc3F)cc2CN(C)C)CC1. The van der Waals surface area contributed by atoms with Crippen LogP contribution in [0, 0.1) is 11.8 Å². The number of anilines is 1. The number of carbonyl (C=O) groups is 2. The highest BCUT2D eigenvalue weighted by Crippen LogP contribution is 2.36. The van der Waals surface area contributed by atoms with Crippen molar-refractivity contribution >= 4 is 17.6 Å². The number of hydrogen-bond donors (Lipinski definition) is 2.